The van der Waals surface area contributed by atoms with Crippen LogP contribution >= 0.6 is 0 Å². The van der Waals surface area contributed by atoms with E-state index in [1.807, 2.05) is 0 Å². The van der Waals surface area contributed by atoms with E-state index in [1.54, 1.807) is 18.2 Å². The van der Waals surface area contributed by atoms with Crippen molar-refractivity contribution in [2.24, 2.45) is 0 Å². The van der Waals surface area contributed by atoms with Crippen molar-refractivity contribution >= 4 is 41.4 Å². The van der Waals surface area contributed by atoms with Crippen LogP contribution < -0.4 is 5.32 Å². The topological polar surface area (TPSA) is 86.6 Å². The number of hydrogen-bond acceptors (Lipinski definition) is 3. The van der Waals surface area contributed by atoms with E-state index in [1.165, 1.54) is 6.07 Å². The molecule has 21 heavy (non-hydrogen) atoms. The van der Waals surface area contributed by atoms with Crippen LogP contribution in [0.5, 0.6) is 5.75 Å². The predicted molar refractivity (Wildman–Crippen MR) is 82.9 cm³/mol. The van der Waals surface area contributed by atoms with Crippen molar-refractivity contribution in [2.75, 3.05) is 6.54 Å². The first-order chi connectivity index (χ1) is 9.61. The molecule has 0 saturated heterocycles. The van der Waals surface area contributed by atoms with Gasteiger partial charge >= 0.3 is 35.5 Å². The number of phenols is 1. The number of nitrogens with one attached hydrogen (secondary N) is 1. The second-order valence-corrected chi connectivity index (χ2v) is 4.68. The zero-order chi connectivity index (χ0) is 14.8. The van der Waals surface area contributed by atoms with Crippen molar-refractivity contribution in [3.8, 4) is 5.75 Å². The third kappa shape index (κ3) is 8.75. The molecule has 6 heteroatoms. The van der Waals surface area contributed by atoms with E-state index in [0.717, 1.165) is 25.7 Å². The molecule has 0 heterocycles. The number of carbonyl (C=O) groups excluding carboxylic acids is 1. The minimum atomic E-state index is -0.750. The quantitative estimate of drug-likeness (QED) is 0.480. The minimum absolute atomic E-state index is 0. The summed E-state index contributed by atoms with van der Waals surface area (Å²) in [5.74, 6) is -1.03. The van der Waals surface area contributed by atoms with E-state index < -0.39 is 5.97 Å². The average molecular weight is 303 g/mol. The molecular weight excluding hydrogens is 281 g/mol. The summed E-state index contributed by atoms with van der Waals surface area (Å²) >= 11 is 0. The number of phenolic OH excluding ortho intramolecular Hbond substituents is 1. The molecule has 1 aromatic carbocycles. The van der Waals surface area contributed by atoms with E-state index in [4.69, 9.17) is 5.11 Å². The van der Waals surface area contributed by atoms with Gasteiger partial charge in [-0.3, -0.25) is 9.59 Å². The first-order valence-corrected chi connectivity index (χ1v) is 6.89. The molecule has 0 fully saturated rings. The summed E-state index contributed by atoms with van der Waals surface area (Å²) in [5.41, 5.74) is 0.286. The van der Waals surface area contributed by atoms with Crippen LogP contribution in [-0.2, 0) is 4.79 Å². The molecule has 1 amide bonds. The van der Waals surface area contributed by atoms with Gasteiger partial charge < -0.3 is 15.5 Å². The van der Waals surface area contributed by atoms with Crippen molar-refractivity contribution in [1.82, 2.24) is 5.32 Å². The monoisotopic (exact) mass is 303 g/mol. The van der Waals surface area contributed by atoms with Gasteiger partial charge in [0.25, 0.3) is 5.91 Å². The second kappa shape index (κ2) is 11.6. The Morgan fingerprint density at radius 2 is 1.62 bits per heavy atom. The number of carboxylic acid groups (broad SMARTS) is 1. The van der Waals surface area contributed by atoms with Crippen LogP contribution in [-0.4, -0.2) is 58.2 Å². The summed E-state index contributed by atoms with van der Waals surface area (Å²) < 4.78 is 0. The van der Waals surface area contributed by atoms with Gasteiger partial charge in [-0.05, 0) is 25.0 Å². The van der Waals surface area contributed by atoms with Gasteiger partial charge in [0.1, 0.15) is 5.75 Å². The number of carbonyl (C=O) groups is 2. The van der Waals surface area contributed by atoms with Crippen LogP contribution in [0.15, 0.2) is 24.3 Å². The normalized spacial score (nSPS) is 9.71. The van der Waals surface area contributed by atoms with Crippen molar-refractivity contribution < 1.29 is 19.8 Å². The van der Waals surface area contributed by atoms with Gasteiger partial charge in [0.2, 0.25) is 0 Å². The fourth-order valence-corrected chi connectivity index (χ4v) is 1.89. The molecule has 112 valence electrons. The fraction of sp³-hybridized carbons (Fsp3) is 0.467. The maximum absolute atomic E-state index is 11.7. The van der Waals surface area contributed by atoms with Crippen molar-refractivity contribution in [1.29, 1.82) is 0 Å². The first kappa shape index (κ1) is 20.0. The van der Waals surface area contributed by atoms with E-state index in [9.17, 15) is 14.7 Å². The number of unbranched alkanes of at least 4 members (excludes halogenated alkanes) is 4. The predicted octanol–water partition coefficient (Wildman–Crippen LogP) is 1.90. The maximum atomic E-state index is 11.7. The summed E-state index contributed by atoms with van der Waals surface area (Å²) in [6, 6.07) is 6.44. The van der Waals surface area contributed by atoms with Crippen molar-refractivity contribution in [3.63, 3.8) is 0 Å². The molecule has 0 atom stereocenters. The number of hydrogen-bond donors (Lipinski definition) is 3. The average Bonchev–Trinajstić information content (AvgIpc) is 2.41. The molecule has 5 nitrogen and oxygen atoms in total. The third-order valence-corrected chi connectivity index (χ3v) is 3.00. The number of aliphatic carboxylic acids is 1. The van der Waals surface area contributed by atoms with Gasteiger partial charge in [-0.1, -0.05) is 31.4 Å². The number of rotatable bonds is 9. The van der Waals surface area contributed by atoms with Crippen LogP contribution in [0, 0.1) is 0 Å². The van der Waals surface area contributed by atoms with Gasteiger partial charge in [-0.15, -0.1) is 0 Å². The summed E-state index contributed by atoms with van der Waals surface area (Å²) in [7, 11) is 0. The van der Waals surface area contributed by atoms with Gasteiger partial charge in [0, 0.05) is 13.0 Å². The van der Waals surface area contributed by atoms with Gasteiger partial charge in [-0.2, -0.15) is 0 Å². The standard InChI is InChI=1S/C15H21NO4.Na.H/c17-13-9-6-5-8-12(13)15(20)16-11-7-3-1-2-4-10-14(18)19;;/h5-6,8-9,17H,1-4,7,10-11H2,(H,16,20)(H,18,19);;. The second-order valence-electron chi connectivity index (χ2n) is 4.68. The Morgan fingerprint density at radius 3 is 2.29 bits per heavy atom. The van der Waals surface area contributed by atoms with Crippen LogP contribution in [0.25, 0.3) is 0 Å². The Kier molecular flexibility index (Phi) is 11.0. The van der Waals surface area contributed by atoms with Crippen LogP contribution in [0.2, 0.25) is 0 Å². The van der Waals surface area contributed by atoms with Gasteiger partial charge in [0.05, 0.1) is 5.56 Å². The third-order valence-electron chi connectivity index (χ3n) is 3.00. The molecule has 1 rings (SSSR count). The fourth-order valence-electron chi connectivity index (χ4n) is 1.89. The number of para-hydroxylation sites is 1. The molecule has 0 aliphatic carbocycles. The van der Waals surface area contributed by atoms with Crippen molar-refractivity contribution in [3.05, 3.63) is 29.8 Å². The molecule has 0 spiro atoms. The Bertz CT molecular complexity index is 451. The summed E-state index contributed by atoms with van der Waals surface area (Å²) in [4.78, 5) is 22.0. The Hall–Kier alpha value is -1.04. The summed E-state index contributed by atoms with van der Waals surface area (Å²) in [6.45, 7) is 0.562. The van der Waals surface area contributed by atoms with E-state index in [2.05, 4.69) is 5.32 Å². The Balaban J connectivity index is 0.00000400. The van der Waals surface area contributed by atoms with Gasteiger partial charge in [0.15, 0.2) is 0 Å². The zero-order valence-corrected chi connectivity index (χ0v) is 11.5. The van der Waals surface area contributed by atoms with Gasteiger partial charge in [-0.25, -0.2) is 0 Å². The molecule has 0 aromatic heterocycles. The number of aromatic hydroxyl groups is 1. The zero-order valence-electron chi connectivity index (χ0n) is 11.5. The number of carboxylic acids is 1. The molecule has 3 N–H and O–H groups in total. The molecule has 0 unspecified atom stereocenters. The Labute approximate surface area is 147 Å². The molecular formula is C15H22NNaO4. The van der Waals surface area contributed by atoms with Crippen molar-refractivity contribution in [2.45, 2.75) is 38.5 Å². The van der Waals surface area contributed by atoms with E-state index in [0.29, 0.717) is 13.0 Å². The molecule has 0 radical (unpaired) electrons. The van der Waals surface area contributed by atoms with Crippen LogP contribution in [0.4, 0.5) is 0 Å². The molecule has 0 saturated carbocycles. The molecule has 0 aliphatic rings. The van der Waals surface area contributed by atoms with E-state index in [-0.39, 0.29) is 53.2 Å². The summed E-state index contributed by atoms with van der Waals surface area (Å²) in [6.07, 6.45) is 4.62. The Morgan fingerprint density at radius 1 is 1.00 bits per heavy atom. The molecule has 0 bridgehead atoms. The molecule has 1 aromatic rings. The SMILES string of the molecule is O=C(O)CCCCCCCNC(=O)c1ccccc1O.[NaH]. The summed E-state index contributed by atoms with van der Waals surface area (Å²) in [5, 5.41) is 20.8. The van der Waals surface area contributed by atoms with Crippen LogP contribution in [0.3, 0.4) is 0 Å². The first-order valence-electron chi connectivity index (χ1n) is 6.89. The number of amides is 1. The van der Waals surface area contributed by atoms with E-state index >= 15 is 0 Å². The molecule has 0 aliphatic heterocycles. The van der Waals surface area contributed by atoms with Crippen LogP contribution in [0.1, 0.15) is 48.9 Å². The number of benzene rings is 1.